The normalized spacial score (nSPS) is 10.3. The summed E-state index contributed by atoms with van der Waals surface area (Å²) in [4.78, 5) is 12.0. The molecule has 0 bridgehead atoms. The van der Waals surface area contributed by atoms with Crippen LogP contribution in [0.25, 0.3) is 0 Å². The van der Waals surface area contributed by atoms with Crippen LogP contribution in [0.4, 0.5) is 5.13 Å². The van der Waals surface area contributed by atoms with Crippen molar-refractivity contribution in [1.82, 2.24) is 10.2 Å². The zero-order valence-electron chi connectivity index (χ0n) is 11.2. The van der Waals surface area contributed by atoms with Crippen molar-refractivity contribution in [1.29, 1.82) is 0 Å². The van der Waals surface area contributed by atoms with Crippen molar-refractivity contribution in [2.45, 2.75) is 6.42 Å². The van der Waals surface area contributed by atoms with Gasteiger partial charge in [-0.2, -0.15) is 0 Å². The molecule has 1 aromatic heterocycles. The van der Waals surface area contributed by atoms with E-state index in [0.717, 1.165) is 11.4 Å². The van der Waals surface area contributed by atoms with Gasteiger partial charge in [-0.3, -0.25) is 10.1 Å². The van der Waals surface area contributed by atoms with Gasteiger partial charge in [-0.05, 0) is 17.7 Å². The molecule has 0 unspecified atom stereocenters. The maximum atomic E-state index is 12.0. The zero-order chi connectivity index (χ0) is 14.5. The number of hydrogen-bond acceptors (Lipinski definition) is 4. The minimum Gasteiger partial charge on any atom is -0.296 e. The van der Waals surface area contributed by atoms with Crippen LogP contribution < -0.4 is 5.32 Å². The lowest BCUT2D eigenvalue weighted by molar-refractivity contribution is 0.102. The highest BCUT2D eigenvalue weighted by Gasteiger charge is 2.10. The van der Waals surface area contributed by atoms with E-state index in [1.807, 2.05) is 48.5 Å². The lowest BCUT2D eigenvalue weighted by atomic mass is 10.2. The number of nitrogens with zero attached hydrogens (tertiary/aromatic N) is 2. The Morgan fingerprint density at radius 3 is 2.33 bits per heavy atom. The monoisotopic (exact) mass is 295 g/mol. The minimum atomic E-state index is -0.169. The third-order valence-electron chi connectivity index (χ3n) is 2.92. The van der Waals surface area contributed by atoms with Crippen molar-refractivity contribution in [2.75, 3.05) is 5.32 Å². The molecule has 0 aliphatic carbocycles. The van der Waals surface area contributed by atoms with Crippen LogP contribution >= 0.6 is 11.3 Å². The lowest BCUT2D eigenvalue weighted by Gasteiger charge is -1.99. The summed E-state index contributed by atoms with van der Waals surface area (Å²) < 4.78 is 0. The topological polar surface area (TPSA) is 54.9 Å². The molecule has 0 radical (unpaired) electrons. The summed E-state index contributed by atoms with van der Waals surface area (Å²) in [6.45, 7) is 0. The molecule has 5 heteroatoms. The van der Waals surface area contributed by atoms with Gasteiger partial charge in [0, 0.05) is 12.0 Å². The number of anilines is 1. The fraction of sp³-hybridized carbons (Fsp3) is 0.0625. The number of nitrogens with one attached hydrogen (secondary N) is 1. The zero-order valence-corrected chi connectivity index (χ0v) is 12.0. The third kappa shape index (κ3) is 3.52. The summed E-state index contributed by atoms with van der Waals surface area (Å²) in [5.41, 5.74) is 1.78. The van der Waals surface area contributed by atoms with Crippen LogP contribution in [-0.2, 0) is 6.42 Å². The van der Waals surface area contributed by atoms with E-state index in [9.17, 15) is 4.79 Å². The van der Waals surface area contributed by atoms with Gasteiger partial charge >= 0.3 is 0 Å². The molecule has 0 aliphatic heterocycles. The first-order valence-electron chi connectivity index (χ1n) is 6.54. The second kappa shape index (κ2) is 6.28. The molecule has 1 amide bonds. The second-order valence-electron chi connectivity index (χ2n) is 4.48. The average Bonchev–Trinajstić information content (AvgIpc) is 2.96. The molecule has 0 fully saturated rings. The molecular weight excluding hydrogens is 282 g/mol. The van der Waals surface area contributed by atoms with E-state index in [2.05, 4.69) is 15.5 Å². The molecule has 0 aliphatic rings. The Kier molecular flexibility index (Phi) is 4.02. The predicted molar refractivity (Wildman–Crippen MR) is 83.6 cm³/mol. The molecule has 21 heavy (non-hydrogen) atoms. The van der Waals surface area contributed by atoms with E-state index in [1.165, 1.54) is 16.9 Å². The molecular formula is C16H13N3OS. The molecule has 104 valence electrons. The average molecular weight is 295 g/mol. The van der Waals surface area contributed by atoms with Crippen LogP contribution in [0.5, 0.6) is 0 Å². The van der Waals surface area contributed by atoms with Gasteiger partial charge in [-0.15, -0.1) is 10.2 Å². The molecule has 1 N–H and O–H groups in total. The van der Waals surface area contributed by atoms with Gasteiger partial charge in [-0.1, -0.05) is 59.9 Å². The fourth-order valence-corrected chi connectivity index (χ4v) is 2.67. The second-order valence-corrected chi connectivity index (χ2v) is 5.55. The number of rotatable bonds is 4. The Balaban J connectivity index is 1.67. The van der Waals surface area contributed by atoms with E-state index in [1.54, 1.807) is 12.1 Å². The molecule has 0 saturated carbocycles. The van der Waals surface area contributed by atoms with Gasteiger partial charge in [0.05, 0.1) is 0 Å². The maximum absolute atomic E-state index is 12.0. The SMILES string of the molecule is O=C(Nc1nnc(Cc2ccccc2)s1)c1ccccc1. The van der Waals surface area contributed by atoms with Crippen molar-refractivity contribution in [3.05, 3.63) is 76.8 Å². The Labute approximate surface area is 126 Å². The minimum absolute atomic E-state index is 0.169. The number of carbonyl (C=O) groups excluding carboxylic acids is 1. The van der Waals surface area contributed by atoms with Gasteiger partial charge in [0.2, 0.25) is 5.13 Å². The van der Waals surface area contributed by atoms with Crippen LogP contribution in [0.2, 0.25) is 0 Å². The van der Waals surface area contributed by atoms with Gasteiger partial charge in [-0.25, -0.2) is 0 Å². The highest BCUT2D eigenvalue weighted by molar-refractivity contribution is 7.15. The number of amides is 1. The van der Waals surface area contributed by atoms with Crippen molar-refractivity contribution < 1.29 is 4.79 Å². The van der Waals surface area contributed by atoms with Crippen LogP contribution in [0.3, 0.4) is 0 Å². The Morgan fingerprint density at radius 1 is 0.952 bits per heavy atom. The summed E-state index contributed by atoms with van der Waals surface area (Å²) in [5, 5.41) is 12.3. The number of carbonyl (C=O) groups is 1. The Hall–Kier alpha value is -2.53. The van der Waals surface area contributed by atoms with Crippen LogP contribution in [-0.4, -0.2) is 16.1 Å². The van der Waals surface area contributed by atoms with E-state index >= 15 is 0 Å². The standard InChI is InChI=1S/C16H13N3OS/c20-15(13-9-5-2-6-10-13)17-16-19-18-14(21-16)11-12-7-3-1-4-8-12/h1-10H,11H2,(H,17,19,20). The van der Waals surface area contributed by atoms with Crippen molar-refractivity contribution in [3.63, 3.8) is 0 Å². The highest BCUT2D eigenvalue weighted by atomic mass is 32.1. The van der Waals surface area contributed by atoms with E-state index in [-0.39, 0.29) is 5.91 Å². The lowest BCUT2D eigenvalue weighted by Crippen LogP contribution is -2.11. The molecule has 3 aromatic rings. The largest absolute Gasteiger partial charge is 0.296 e. The fourth-order valence-electron chi connectivity index (χ4n) is 1.90. The molecule has 4 nitrogen and oxygen atoms in total. The predicted octanol–water partition coefficient (Wildman–Crippen LogP) is 3.38. The Bertz CT molecular complexity index is 726. The van der Waals surface area contributed by atoms with Crippen molar-refractivity contribution >= 4 is 22.4 Å². The summed E-state index contributed by atoms with van der Waals surface area (Å²) >= 11 is 1.40. The van der Waals surface area contributed by atoms with Gasteiger partial charge in [0.25, 0.3) is 5.91 Å². The van der Waals surface area contributed by atoms with E-state index in [4.69, 9.17) is 0 Å². The molecule has 0 saturated heterocycles. The van der Waals surface area contributed by atoms with Gasteiger partial charge in [0.15, 0.2) is 0 Å². The Morgan fingerprint density at radius 2 is 1.62 bits per heavy atom. The number of benzene rings is 2. The van der Waals surface area contributed by atoms with Gasteiger partial charge in [0.1, 0.15) is 5.01 Å². The van der Waals surface area contributed by atoms with Crippen molar-refractivity contribution in [3.8, 4) is 0 Å². The van der Waals surface area contributed by atoms with Crippen LogP contribution in [0.15, 0.2) is 60.7 Å². The number of aromatic nitrogens is 2. The molecule has 1 heterocycles. The molecule has 3 rings (SSSR count). The highest BCUT2D eigenvalue weighted by Crippen LogP contribution is 2.19. The summed E-state index contributed by atoms with van der Waals surface area (Å²) in [6, 6.07) is 19.1. The van der Waals surface area contributed by atoms with Crippen LogP contribution in [0, 0.1) is 0 Å². The van der Waals surface area contributed by atoms with Gasteiger partial charge < -0.3 is 0 Å². The molecule has 0 spiro atoms. The smallest absolute Gasteiger partial charge is 0.257 e. The summed E-state index contributed by atoms with van der Waals surface area (Å²) in [5.74, 6) is -0.169. The first-order chi connectivity index (χ1) is 10.3. The van der Waals surface area contributed by atoms with E-state index < -0.39 is 0 Å². The van der Waals surface area contributed by atoms with Crippen LogP contribution in [0.1, 0.15) is 20.9 Å². The third-order valence-corrected chi connectivity index (χ3v) is 3.76. The maximum Gasteiger partial charge on any atom is 0.257 e. The summed E-state index contributed by atoms with van der Waals surface area (Å²) in [7, 11) is 0. The quantitative estimate of drug-likeness (QED) is 0.802. The van der Waals surface area contributed by atoms with E-state index in [0.29, 0.717) is 10.7 Å². The first kappa shape index (κ1) is 13.5. The summed E-state index contributed by atoms with van der Waals surface area (Å²) in [6.07, 6.45) is 0.722. The number of hydrogen-bond donors (Lipinski definition) is 1. The molecule has 2 aromatic carbocycles. The first-order valence-corrected chi connectivity index (χ1v) is 7.35. The van der Waals surface area contributed by atoms with Crippen molar-refractivity contribution in [2.24, 2.45) is 0 Å². The molecule has 0 atom stereocenters.